The van der Waals surface area contributed by atoms with E-state index in [-0.39, 0.29) is 46.9 Å². The SMILES string of the molecule is CCCCOc1noc2c1C(=O)[C@@]1(O[Si](C)(C)C(C)(C)C)C(O)=C3C(=O)c4c(OC(=O)OC(C)(C)C)cc(CO)c(OC)c4C[C@H]3C[C@H]1[C@@H]2N(C)C. The molecule has 3 aliphatic rings. The number of benzene rings is 1. The van der Waals surface area contributed by atoms with Crippen LogP contribution in [0.1, 0.15) is 111 Å². The zero-order valence-corrected chi connectivity index (χ0v) is 33.5. The molecule has 0 aliphatic heterocycles. The highest BCUT2D eigenvalue weighted by Crippen LogP contribution is 2.60. The van der Waals surface area contributed by atoms with Gasteiger partial charge in [-0.15, -0.1) is 0 Å². The van der Waals surface area contributed by atoms with Crippen LogP contribution in [0.15, 0.2) is 21.9 Å². The minimum Gasteiger partial charge on any atom is -0.508 e. The molecule has 14 heteroatoms. The Morgan fingerprint density at radius 3 is 2.37 bits per heavy atom. The van der Waals surface area contributed by atoms with Crippen molar-refractivity contribution in [2.45, 2.75) is 116 Å². The Morgan fingerprint density at radius 1 is 1.13 bits per heavy atom. The lowest BCUT2D eigenvalue weighted by Crippen LogP contribution is -2.65. The van der Waals surface area contributed by atoms with Gasteiger partial charge in [-0.05, 0) is 89.4 Å². The topological polar surface area (TPSA) is 167 Å². The van der Waals surface area contributed by atoms with Crippen molar-refractivity contribution in [3.05, 3.63) is 45.4 Å². The highest BCUT2D eigenvalue weighted by atomic mass is 28.4. The number of carbonyl (C=O) groups is 3. The maximum atomic E-state index is 15.3. The molecule has 2 N–H and O–H groups in total. The van der Waals surface area contributed by atoms with E-state index in [2.05, 4.69) is 5.16 Å². The van der Waals surface area contributed by atoms with Gasteiger partial charge in [0.15, 0.2) is 25.5 Å². The van der Waals surface area contributed by atoms with Crippen molar-refractivity contribution in [2.75, 3.05) is 27.8 Å². The molecule has 286 valence electrons. The van der Waals surface area contributed by atoms with E-state index in [1.807, 2.05) is 59.8 Å². The van der Waals surface area contributed by atoms with Gasteiger partial charge in [0.25, 0.3) is 5.88 Å². The van der Waals surface area contributed by atoms with Gasteiger partial charge in [0, 0.05) is 22.6 Å². The van der Waals surface area contributed by atoms with Crippen LogP contribution in [0.4, 0.5) is 4.79 Å². The number of Topliss-reactive ketones (excluding diaryl/α,β-unsaturated/α-hetero) is 2. The lowest BCUT2D eigenvalue weighted by Gasteiger charge is -2.55. The fraction of sp³-hybridized carbons (Fsp3) is 0.632. The van der Waals surface area contributed by atoms with Gasteiger partial charge in [0.1, 0.15) is 28.4 Å². The van der Waals surface area contributed by atoms with Crippen LogP contribution < -0.4 is 14.2 Å². The summed E-state index contributed by atoms with van der Waals surface area (Å²) in [6.45, 7) is 17.0. The summed E-state index contributed by atoms with van der Waals surface area (Å²) in [6, 6.07) is 0.757. The summed E-state index contributed by atoms with van der Waals surface area (Å²) < 4.78 is 35.9. The van der Waals surface area contributed by atoms with E-state index >= 15 is 4.79 Å². The van der Waals surface area contributed by atoms with Crippen LogP contribution in [0.3, 0.4) is 0 Å². The van der Waals surface area contributed by atoms with E-state index in [1.165, 1.54) is 13.2 Å². The van der Waals surface area contributed by atoms with Gasteiger partial charge < -0.3 is 38.1 Å². The Bertz CT molecular complexity index is 1780. The van der Waals surface area contributed by atoms with Gasteiger partial charge in [0.2, 0.25) is 5.78 Å². The highest BCUT2D eigenvalue weighted by Gasteiger charge is 2.67. The molecule has 5 rings (SSSR count). The minimum atomic E-state index is -2.91. The predicted octanol–water partition coefficient (Wildman–Crippen LogP) is 7.12. The molecule has 0 bridgehead atoms. The maximum Gasteiger partial charge on any atom is 0.514 e. The molecule has 0 fully saturated rings. The van der Waals surface area contributed by atoms with Gasteiger partial charge in [-0.1, -0.05) is 34.1 Å². The zero-order valence-electron chi connectivity index (χ0n) is 32.5. The summed E-state index contributed by atoms with van der Waals surface area (Å²) in [7, 11) is 2.24. The summed E-state index contributed by atoms with van der Waals surface area (Å²) in [5.41, 5.74) is -2.13. The molecule has 1 aromatic heterocycles. The zero-order chi connectivity index (χ0) is 38.7. The fourth-order valence-corrected chi connectivity index (χ4v) is 8.91. The number of hydrogen-bond donors (Lipinski definition) is 2. The molecular weight excluding hydrogens is 689 g/mol. The molecule has 0 amide bonds. The van der Waals surface area contributed by atoms with Gasteiger partial charge >= 0.3 is 6.16 Å². The normalized spacial score (nSPS) is 23.2. The molecule has 0 unspecified atom stereocenters. The van der Waals surface area contributed by atoms with Crippen molar-refractivity contribution in [2.24, 2.45) is 11.8 Å². The van der Waals surface area contributed by atoms with E-state index < -0.39 is 72.5 Å². The molecule has 1 heterocycles. The first-order valence-corrected chi connectivity index (χ1v) is 20.8. The van der Waals surface area contributed by atoms with E-state index in [9.17, 15) is 19.8 Å². The third-order valence-corrected chi connectivity index (χ3v) is 15.2. The van der Waals surface area contributed by atoms with Crippen molar-refractivity contribution in [3.63, 3.8) is 0 Å². The molecule has 2 aromatic rings. The number of allylic oxidation sites excluding steroid dienone is 1. The Labute approximate surface area is 306 Å². The highest BCUT2D eigenvalue weighted by molar-refractivity contribution is 6.74. The number of nitrogens with zero attached hydrogens (tertiary/aromatic N) is 2. The Morgan fingerprint density at radius 2 is 1.81 bits per heavy atom. The smallest absolute Gasteiger partial charge is 0.508 e. The molecule has 0 radical (unpaired) electrons. The van der Waals surface area contributed by atoms with Crippen molar-refractivity contribution in [3.8, 4) is 17.4 Å². The molecule has 1 aromatic carbocycles. The third-order valence-electron chi connectivity index (χ3n) is 10.8. The monoisotopic (exact) mass is 742 g/mol. The lowest BCUT2D eigenvalue weighted by atomic mass is 9.58. The van der Waals surface area contributed by atoms with Crippen molar-refractivity contribution in [1.82, 2.24) is 10.1 Å². The molecule has 52 heavy (non-hydrogen) atoms. The quantitative estimate of drug-likeness (QED) is 0.109. The van der Waals surface area contributed by atoms with Crippen LogP contribution >= 0.6 is 0 Å². The van der Waals surface area contributed by atoms with E-state index in [4.69, 9.17) is 27.9 Å². The number of methoxy groups -OCH3 is 1. The largest absolute Gasteiger partial charge is 0.514 e. The van der Waals surface area contributed by atoms with Gasteiger partial charge in [-0.25, -0.2) is 4.79 Å². The summed E-state index contributed by atoms with van der Waals surface area (Å²) in [4.78, 5) is 45.1. The van der Waals surface area contributed by atoms with Crippen LogP contribution in [0, 0.1) is 11.8 Å². The average Bonchev–Trinajstić information content (AvgIpc) is 3.43. The first kappa shape index (κ1) is 39.5. The van der Waals surface area contributed by atoms with E-state index in [0.717, 1.165) is 12.8 Å². The number of fused-ring (bicyclic) bond motifs is 4. The molecule has 0 saturated heterocycles. The van der Waals surface area contributed by atoms with Crippen LogP contribution in [0.25, 0.3) is 0 Å². The van der Waals surface area contributed by atoms with Gasteiger partial charge in [-0.3, -0.25) is 14.5 Å². The van der Waals surface area contributed by atoms with Gasteiger partial charge in [-0.2, -0.15) is 0 Å². The number of aliphatic hydroxyl groups excluding tert-OH is 2. The summed E-state index contributed by atoms with van der Waals surface area (Å²) >= 11 is 0. The number of aliphatic hydroxyl groups is 2. The third kappa shape index (κ3) is 6.56. The standard InChI is InChI=1S/C38H54N2O11Si/c1-13-14-15-47-34-27-31(50-39-34)28(40(8)9)23-17-20-16-22-26(24(18-21(19-41)30(22)46-10)48-35(45)49-36(2,3)4)29(42)25(20)32(43)38(23,33(27)44)51-52(11,12)37(5,6)7/h18,20,23,28,41,43H,13-17,19H2,1-12H3/t20-,23-,28-,38-/m0/s1. The van der Waals surface area contributed by atoms with Gasteiger partial charge in [0.05, 0.1) is 31.9 Å². The Hall–Kier alpha value is -3.72. The molecule has 3 aliphatic carbocycles. The number of ketones is 2. The number of ether oxygens (including phenoxy) is 4. The fourth-order valence-electron chi connectivity index (χ4n) is 7.45. The first-order chi connectivity index (χ1) is 24.1. The second kappa shape index (κ2) is 13.9. The van der Waals surface area contributed by atoms with Crippen molar-refractivity contribution < 1.29 is 52.5 Å². The molecule has 0 spiro atoms. The molecular formula is C38H54N2O11Si. The summed E-state index contributed by atoms with van der Waals surface area (Å²) in [5.74, 6) is -2.60. The van der Waals surface area contributed by atoms with Crippen molar-refractivity contribution in [1.29, 1.82) is 0 Å². The van der Waals surface area contributed by atoms with Crippen LogP contribution in [-0.2, 0) is 22.2 Å². The van der Waals surface area contributed by atoms with Crippen LogP contribution in [-0.4, -0.2) is 85.3 Å². The average molecular weight is 743 g/mol. The molecule has 0 saturated carbocycles. The van der Waals surface area contributed by atoms with E-state index in [0.29, 0.717) is 23.5 Å². The van der Waals surface area contributed by atoms with Crippen LogP contribution in [0.5, 0.6) is 17.4 Å². The number of rotatable bonds is 10. The minimum absolute atomic E-state index is 0.00508. The maximum absolute atomic E-state index is 15.3. The second-order valence-corrected chi connectivity index (χ2v) is 21.5. The molecule has 13 nitrogen and oxygen atoms in total. The second-order valence-electron chi connectivity index (χ2n) is 16.7. The Kier molecular flexibility index (Phi) is 10.6. The van der Waals surface area contributed by atoms with Crippen LogP contribution in [0.2, 0.25) is 18.1 Å². The number of unbranched alkanes of at least 4 members (excludes halogenated alkanes) is 1. The van der Waals surface area contributed by atoms with Crippen molar-refractivity contribution >= 4 is 26.0 Å². The number of aromatic nitrogens is 1. The summed E-state index contributed by atoms with van der Waals surface area (Å²) in [5, 5.41) is 26.9. The Balaban J connectivity index is 1.80. The number of hydrogen-bond acceptors (Lipinski definition) is 13. The predicted molar refractivity (Wildman–Crippen MR) is 194 cm³/mol. The number of carbonyl (C=O) groups excluding carboxylic acids is 3. The molecule has 4 atom stereocenters. The lowest BCUT2D eigenvalue weighted by molar-refractivity contribution is -0.0480. The van der Waals surface area contributed by atoms with E-state index in [1.54, 1.807) is 20.8 Å². The summed E-state index contributed by atoms with van der Waals surface area (Å²) in [6.07, 6.45) is 0.926. The first-order valence-electron chi connectivity index (χ1n) is 17.9.